The van der Waals surface area contributed by atoms with E-state index in [1.165, 1.54) is 0 Å². The van der Waals surface area contributed by atoms with E-state index in [1.54, 1.807) is 12.3 Å². The quantitative estimate of drug-likeness (QED) is 0.665. The Hall–Kier alpha value is -0.460. The van der Waals surface area contributed by atoms with Crippen molar-refractivity contribution < 1.29 is 13.2 Å². The van der Waals surface area contributed by atoms with E-state index in [-0.39, 0.29) is 24.8 Å². The highest BCUT2D eigenvalue weighted by Gasteiger charge is 2.38. The van der Waals surface area contributed by atoms with Gasteiger partial charge in [-0.25, -0.2) is 14.2 Å². The number of halogens is 3. The minimum Gasteiger partial charge on any atom is -0.466 e. The van der Waals surface area contributed by atoms with Crippen molar-refractivity contribution in [3.05, 3.63) is 22.6 Å². The fourth-order valence-corrected chi connectivity index (χ4v) is 2.80. The third-order valence-electron chi connectivity index (χ3n) is 3.34. The van der Waals surface area contributed by atoms with Crippen molar-refractivity contribution in [1.29, 1.82) is 0 Å². The van der Waals surface area contributed by atoms with Gasteiger partial charge in [0.05, 0.1) is 16.8 Å². The van der Waals surface area contributed by atoms with Gasteiger partial charge in [-0.1, -0.05) is 0 Å². The molecule has 0 aromatic carbocycles. The van der Waals surface area contributed by atoms with Gasteiger partial charge in [-0.15, -0.1) is 0 Å². The van der Waals surface area contributed by atoms with Crippen LogP contribution in [0.1, 0.15) is 37.5 Å². The molecule has 1 fully saturated rings. The smallest absolute Gasteiger partial charge is 0.248 e. The van der Waals surface area contributed by atoms with Crippen LogP contribution in [0.2, 0.25) is 0 Å². The van der Waals surface area contributed by atoms with Gasteiger partial charge in [0.15, 0.2) is 0 Å². The summed E-state index contributed by atoms with van der Waals surface area (Å²) in [5.41, 5.74) is 2.67. The first-order valence-electron chi connectivity index (χ1n) is 5.60. The van der Waals surface area contributed by atoms with Crippen LogP contribution >= 0.6 is 15.9 Å². The fourth-order valence-electron chi connectivity index (χ4n) is 2.35. The number of rotatable bonds is 3. The molecule has 1 aromatic rings. The number of alkyl halides is 2. The number of hydrogen-bond donors (Lipinski definition) is 2. The summed E-state index contributed by atoms with van der Waals surface area (Å²) in [5, 5.41) is 0. The number of hydrazine groups is 1. The molecule has 1 atom stereocenters. The summed E-state index contributed by atoms with van der Waals surface area (Å²) >= 11 is 3.36. The third kappa shape index (κ3) is 2.86. The Morgan fingerprint density at radius 3 is 2.59 bits per heavy atom. The summed E-state index contributed by atoms with van der Waals surface area (Å²) in [6, 6.07) is 1.56. The molecular formula is C11H15BrF2N2O. The molecule has 1 aliphatic carbocycles. The zero-order valence-corrected chi connectivity index (χ0v) is 10.8. The molecule has 2 rings (SSSR count). The van der Waals surface area contributed by atoms with Gasteiger partial charge in [-0.2, -0.15) is 0 Å². The van der Waals surface area contributed by atoms with Crippen molar-refractivity contribution in [1.82, 2.24) is 5.43 Å². The van der Waals surface area contributed by atoms with E-state index >= 15 is 0 Å². The van der Waals surface area contributed by atoms with Crippen LogP contribution in [0, 0.1) is 5.92 Å². The SMILES string of the molecule is NNC(c1occc1Br)C1CCC(F)(F)CC1. The zero-order valence-electron chi connectivity index (χ0n) is 9.26. The standard InChI is InChI=1S/C11H15BrF2N2O/c12-8-3-6-17-10(8)9(16-15)7-1-4-11(13,14)5-2-7/h3,6-7,9,16H,1-2,4-5,15H2. The van der Waals surface area contributed by atoms with Crippen molar-refractivity contribution in [3.63, 3.8) is 0 Å². The molecule has 96 valence electrons. The Morgan fingerprint density at radius 2 is 2.12 bits per heavy atom. The molecule has 3 nitrogen and oxygen atoms in total. The Morgan fingerprint density at radius 1 is 1.47 bits per heavy atom. The van der Waals surface area contributed by atoms with Crippen LogP contribution in [-0.2, 0) is 0 Å². The minimum absolute atomic E-state index is 0.0752. The second kappa shape index (κ2) is 5.04. The van der Waals surface area contributed by atoms with Crippen LogP contribution in [0.15, 0.2) is 21.2 Å². The topological polar surface area (TPSA) is 51.2 Å². The van der Waals surface area contributed by atoms with E-state index < -0.39 is 5.92 Å². The third-order valence-corrected chi connectivity index (χ3v) is 4.00. The average molecular weight is 309 g/mol. The molecule has 6 heteroatoms. The lowest BCUT2D eigenvalue weighted by molar-refractivity contribution is -0.0506. The normalized spacial score (nSPS) is 22.6. The fraction of sp³-hybridized carbons (Fsp3) is 0.636. The summed E-state index contributed by atoms with van der Waals surface area (Å²) in [6.07, 6.45) is 2.31. The first-order chi connectivity index (χ1) is 8.03. The molecule has 1 saturated carbocycles. The second-order valence-electron chi connectivity index (χ2n) is 4.47. The predicted molar refractivity (Wildman–Crippen MR) is 63.4 cm³/mol. The Kier molecular flexibility index (Phi) is 3.85. The van der Waals surface area contributed by atoms with E-state index in [0.29, 0.717) is 18.6 Å². The van der Waals surface area contributed by atoms with Gasteiger partial charge in [-0.05, 0) is 40.8 Å². The molecule has 1 aromatic heterocycles. The van der Waals surface area contributed by atoms with E-state index in [0.717, 1.165) is 4.47 Å². The maximum absolute atomic E-state index is 13.1. The van der Waals surface area contributed by atoms with E-state index in [1.807, 2.05) is 0 Å². The summed E-state index contributed by atoms with van der Waals surface area (Å²) in [5.74, 6) is 3.76. The maximum Gasteiger partial charge on any atom is 0.248 e. The molecule has 0 bridgehead atoms. The predicted octanol–water partition coefficient (Wildman–Crippen LogP) is 3.37. The molecule has 0 aliphatic heterocycles. The van der Waals surface area contributed by atoms with Crippen molar-refractivity contribution in [2.75, 3.05) is 0 Å². The van der Waals surface area contributed by atoms with Gasteiger partial charge >= 0.3 is 0 Å². The number of hydrogen-bond acceptors (Lipinski definition) is 3. The first kappa shape index (κ1) is 13.0. The van der Waals surface area contributed by atoms with Gasteiger partial charge in [0, 0.05) is 12.8 Å². The number of nitrogens with two attached hydrogens (primary N) is 1. The molecule has 1 heterocycles. The summed E-state index contributed by atoms with van der Waals surface area (Å²) in [7, 11) is 0. The van der Waals surface area contributed by atoms with E-state index in [2.05, 4.69) is 21.4 Å². The molecular weight excluding hydrogens is 294 g/mol. The van der Waals surface area contributed by atoms with Gasteiger partial charge in [-0.3, -0.25) is 5.84 Å². The van der Waals surface area contributed by atoms with Crippen LogP contribution in [0.5, 0.6) is 0 Å². The molecule has 0 spiro atoms. The minimum atomic E-state index is -2.52. The molecule has 3 N–H and O–H groups in total. The van der Waals surface area contributed by atoms with Crippen molar-refractivity contribution >= 4 is 15.9 Å². The van der Waals surface area contributed by atoms with Crippen molar-refractivity contribution in [2.24, 2.45) is 11.8 Å². The first-order valence-corrected chi connectivity index (χ1v) is 6.39. The largest absolute Gasteiger partial charge is 0.466 e. The molecule has 0 amide bonds. The van der Waals surface area contributed by atoms with Crippen molar-refractivity contribution in [2.45, 2.75) is 37.6 Å². The van der Waals surface area contributed by atoms with Crippen LogP contribution in [-0.4, -0.2) is 5.92 Å². The highest BCUT2D eigenvalue weighted by molar-refractivity contribution is 9.10. The summed E-state index contributed by atoms with van der Waals surface area (Å²) in [6.45, 7) is 0. The molecule has 1 unspecified atom stereocenters. The van der Waals surface area contributed by atoms with Crippen LogP contribution in [0.3, 0.4) is 0 Å². The van der Waals surface area contributed by atoms with Crippen LogP contribution in [0.4, 0.5) is 8.78 Å². The van der Waals surface area contributed by atoms with Gasteiger partial charge in [0.1, 0.15) is 5.76 Å². The lowest BCUT2D eigenvalue weighted by Gasteiger charge is -2.32. The van der Waals surface area contributed by atoms with Gasteiger partial charge in [0.2, 0.25) is 5.92 Å². The van der Waals surface area contributed by atoms with E-state index in [4.69, 9.17) is 10.3 Å². The maximum atomic E-state index is 13.1. The van der Waals surface area contributed by atoms with Crippen LogP contribution in [0.25, 0.3) is 0 Å². The molecule has 0 saturated heterocycles. The highest BCUT2D eigenvalue weighted by atomic mass is 79.9. The van der Waals surface area contributed by atoms with Gasteiger partial charge in [0.25, 0.3) is 0 Å². The van der Waals surface area contributed by atoms with Gasteiger partial charge < -0.3 is 4.42 Å². The zero-order chi connectivity index (χ0) is 12.5. The number of furan rings is 1. The Balaban J connectivity index is 2.08. The molecule has 0 radical (unpaired) electrons. The lowest BCUT2D eigenvalue weighted by atomic mass is 9.81. The summed E-state index contributed by atoms with van der Waals surface area (Å²) < 4.78 is 32.3. The molecule has 1 aliphatic rings. The number of nitrogens with one attached hydrogen (secondary N) is 1. The average Bonchev–Trinajstić information content (AvgIpc) is 2.69. The second-order valence-corrected chi connectivity index (χ2v) is 5.32. The Labute approximate surface area is 107 Å². The monoisotopic (exact) mass is 308 g/mol. The lowest BCUT2D eigenvalue weighted by Crippen LogP contribution is -2.37. The Bertz CT molecular complexity index is 373. The summed E-state index contributed by atoms with van der Waals surface area (Å²) in [4.78, 5) is 0. The van der Waals surface area contributed by atoms with Crippen LogP contribution < -0.4 is 11.3 Å². The highest BCUT2D eigenvalue weighted by Crippen LogP contribution is 2.42. The van der Waals surface area contributed by atoms with E-state index in [9.17, 15) is 8.78 Å². The molecule has 17 heavy (non-hydrogen) atoms. The van der Waals surface area contributed by atoms with Crippen molar-refractivity contribution in [3.8, 4) is 0 Å².